The molecule has 58 valence electrons. The lowest BCUT2D eigenvalue weighted by Crippen LogP contribution is -2.07. The van der Waals surface area contributed by atoms with E-state index in [1.807, 2.05) is 0 Å². The molecule has 1 unspecified atom stereocenters. The van der Waals surface area contributed by atoms with Crippen LogP contribution in [0.15, 0.2) is 11.6 Å². The van der Waals surface area contributed by atoms with Crippen LogP contribution >= 0.6 is 0 Å². The number of carboxylic acids is 1. The Bertz CT molecular complexity index is 149. The van der Waals surface area contributed by atoms with E-state index >= 15 is 0 Å². The maximum atomic E-state index is 10.1. The number of carboxylic acid groups (broad SMARTS) is 1. The molecule has 3 heteroatoms. The Morgan fingerprint density at radius 3 is 2.50 bits per heavy atom. The zero-order valence-corrected chi connectivity index (χ0v) is 6.42. The van der Waals surface area contributed by atoms with Crippen molar-refractivity contribution in [2.24, 2.45) is 0 Å². The largest absolute Gasteiger partial charge is 0.478 e. The Kier molecular flexibility index (Phi) is 3.72. The number of carbonyl (C=O) groups is 1. The molecule has 0 fully saturated rings. The van der Waals surface area contributed by atoms with Gasteiger partial charge >= 0.3 is 5.97 Å². The van der Waals surface area contributed by atoms with Gasteiger partial charge in [-0.2, -0.15) is 0 Å². The Morgan fingerprint density at radius 2 is 2.20 bits per heavy atom. The van der Waals surface area contributed by atoms with Crippen molar-refractivity contribution in [2.45, 2.75) is 20.0 Å². The van der Waals surface area contributed by atoms with Crippen LogP contribution in [0.4, 0.5) is 0 Å². The molecule has 0 aromatic rings. The van der Waals surface area contributed by atoms with E-state index in [1.54, 1.807) is 21.0 Å². The zero-order valence-electron chi connectivity index (χ0n) is 6.42. The van der Waals surface area contributed by atoms with Crippen molar-refractivity contribution in [3.8, 4) is 0 Å². The molecule has 0 amide bonds. The number of aliphatic carboxylic acids is 1. The highest BCUT2D eigenvalue weighted by molar-refractivity contribution is 5.80. The predicted molar refractivity (Wildman–Crippen MR) is 37.9 cm³/mol. The van der Waals surface area contributed by atoms with Gasteiger partial charge in [-0.05, 0) is 19.4 Å². The first kappa shape index (κ1) is 9.17. The molecule has 0 bridgehead atoms. The summed E-state index contributed by atoms with van der Waals surface area (Å²) in [6.45, 7) is 3.52. The summed E-state index contributed by atoms with van der Waals surface area (Å²) in [7, 11) is 1.55. The molecule has 0 radical (unpaired) electrons. The van der Waals surface area contributed by atoms with Crippen LogP contribution in [0.5, 0.6) is 0 Å². The predicted octanol–water partition coefficient (Wildman–Crippen LogP) is 1.05. The first-order chi connectivity index (χ1) is 4.57. The Hall–Kier alpha value is -0.830. The van der Waals surface area contributed by atoms with E-state index in [1.165, 1.54) is 0 Å². The van der Waals surface area contributed by atoms with Crippen LogP contribution in [0.25, 0.3) is 0 Å². The molecule has 0 rings (SSSR count). The fraction of sp³-hybridized carbons (Fsp3) is 0.571. The van der Waals surface area contributed by atoms with Gasteiger partial charge in [-0.3, -0.25) is 0 Å². The standard InChI is InChI=1S/C7H12O3/c1-5(4-7(8)9)6(2)10-3/h4,6H,1-3H3,(H,8,9). The van der Waals surface area contributed by atoms with Crippen molar-refractivity contribution in [1.29, 1.82) is 0 Å². The second-order valence-electron chi connectivity index (χ2n) is 2.10. The molecule has 3 nitrogen and oxygen atoms in total. The van der Waals surface area contributed by atoms with Crippen molar-refractivity contribution in [2.75, 3.05) is 7.11 Å². The third-order valence-electron chi connectivity index (χ3n) is 1.35. The van der Waals surface area contributed by atoms with Gasteiger partial charge < -0.3 is 9.84 Å². The van der Waals surface area contributed by atoms with Gasteiger partial charge in [0.25, 0.3) is 0 Å². The highest BCUT2D eigenvalue weighted by Gasteiger charge is 2.02. The van der Waals surface area contributed by atoms with Crippen molar-refractivity contribution in [3.05, 3.63) is 11.6 Å². The molecule has 10 heavy (non-hydrogen) atoms. The van der Waals surface area contributed by atoms with E-state index < -0.39 is 5.97 Å². The first-order valence-electron chi connectivity index (χ1n) is 3.02. The summed E-state index contributed by atoms with van der Waals surface area (Å²) >= 11 is 0. The van der Waals surface area contributed by atoms with Crippen molar-refractivity contribution >= 4 is 5.97 Å². The summed E-state index contributed by atoms with van der Waals surface area (Å²) in [5.74, 6) is -0.929. The molecule has 0 aromatic heterocycles. The Morgan fingerprint density at radius 1 is 1.70 bits per heavy atom. The lowest BCUT2D eigenvalue weighted by molar-refractivity contribution is -0.131. The van der Waals surface area contributed by atoms with E-state index in [4.69, 9.17) is 9.84 Å². The second kappa shape index (κ2) is 4.06. The Labute approximate surface area is 60.3 Å². The molecular weight excluding hydrogens is 132 g/mol. The molecule has 0 spiro atoms. The van der Waals surface area contributed by atoms with Crippen LogP contribution in [0.2, 0.25) is 0 Å². The Balaban J connectivity index is 4.04. The van der Waals surface area contributed by atoms with Crippen molar-refractivity contribution in [3.63, 3.8) is 0 Å². The number of ether oxygens (including phenoxy) is 1. The summed E-state index contributed by atoms with van der Waals surface area (Å²) in [4.78, 5) is 10.1. The van der Waals surface area contributed by atoms with Crippen LogP contribution < -0.4 is 0 Å². The molecule has 0 aliphatic heterocycles. The fourth-order valence-corrected chi connectivity index (χ4v) is 0.498. The monoisotopic (exact) mass is 144 g/mol. The molecule has 1 N–H and O–H groups in total. The van der Waals surface area contributed by atoms with Gasteiger partial charge in [-0.25, -0.2) is 4.79 Å². The molecule has 0 saturated heterocycles. The van der Waals surface area contributed by atoms with Crippen LogP contribution in [-0.4, -0.2) is 24.3 Å². The maximum absolute atomic E-state index is 10.1. The minimum Gasteiger partial charge on any atom is -0.478 e. The number of methoxy groups -OCH3 is 1. The number of hydrogen-bond acceptors (Lipinski definition) is 2. The second-order valence-corrected chi connectivity index (χ2v) is 2.10. The van der Waals surface area contributed by atoms with Gasteiger partial charge in [0, 0.05) is 13.2 Å². The number of hydrogen-bond donors (Lipinski definition) is 1. The zero-order chi connectivity index (χ0) is 8.15. The SMILES string of the molecule is COC(C)C(C)=CC(=O)O. The molecule has 0 heterocycles. The van der Waals surface area contributed by atoms with Crippen LogP contribution in [0.3, 0.4) is 0 Å². The van der Waals surface area contributed by atoms with Gasteiger partial charge in [0.1, 0.15) is 0 Å². The van der Waals surface area contributed by atoms with Crippen LogP contribution in [0, 0.1) is 0 Å². The van der Waals surface area contributed by atoms with E-state index in [9.17, 15) is 4.79 Å². The summed E-state index contributed by atoms with van der Waals surface area (Å²) in [5, 5.41) is 8.30. The summed E-state index contributed by atoms with van der Waals surface area (Å²) < 4.78 is 4.88. The third-order valence-corrected chi connectivity index (χ3v) is 1.35. The summed E-state index contributed by atoms with van der Waals surface area (Å²) in [6, 6.07) is 0. The maximum Gasteiger partial charge on any atom is 0.328 e. The van der Waals surface area contributed by atoms with E-state index in [0.717, 1.165) is 11.6 Å². The minimum absolute atomic E-state index is 0.115. The minimum atomic E-state index is -0.929. The first-order valence-corrected chi connectivity index (χ1v) is 3.02. The third kappa shape index (κ3) is 3.25. The molecule has 1 atom stereocenters. The molecule has 0 aliphatic carbocycles. The quantitative estimate of drug-likeness (QED) is 0.602. The van der Waals surface area contributed by atoms with E-state index in [-0.39, 0.29) is 6.10 Å². The molecule has 0 aromatic carbocycles. The molecular formula is C7H12O3. The number of rotatable bonds is 3. The summed E-state index contributed by atoms with van der Waals surface area (Å²) in [5.41, 5.74) is 0.718. The molecule has 0 aliphatic rings. The normalized spacial score (nSPS) is 14.9. The lowest BCUT2D eigenvalue weighted by Gasteiger charge is -2.07. The van der Waals surface area contributed by atoms with Crippen molar-refractivity contribution < 1.29 is 14.6 Å². The highest BCUT2D eigenvalue weighted by Crippen LogP contribution is 2.02. The average Bonchev–Trinajstić information content (AvgIpc) is 1.85. The average molecular weight is 144 g/mol. The topological polar surface area (TPSA) is 46.5 Å². The van der Waals surface area contributed by atoms with E-state index in [2.05, 4.69) is 0 Å². The highest BCUT2D eigenvalue weighted by atomic mass is 16.5. The van der Waals surface area contributed by atoms with Crippen LogP contribution in [0.1, 0.15) is 13.8 Å². The van der Waals surface area contributed by atoms with Gasteiger partial charge in [0.05, 0.1) is 6.10 Å². The molecule has 0 saturated carbocycles. The van der Waals surface area contributed by atoms with E-state index in [0.29, 0.717) is 0 Å². The van der Waals surface area contributed by atoms with Gasteiger partial charge in [-0.1, -0.05) is 0 Å². The van der Waals surface area contributed by atoms with Crippen molar-refractivity contribution in [1.82, 2.24) is 0 Å². The van der Waals surface area contributed by atoms with Crippen LogP contribution in [-0.2, 0) is 9.53 Å². The summed E-state index contributed by atoms with van der Waals surface area (Å²) in [6.07, 6.45) is 1.03. The van der Waals surface area contributed by atoms with Gasteiger partial charge in [0.15, 0.2) is 0 Å². The van der Waals surface area contributed by atoms with Gasteiger partial charge in [-0.15, -0.1) is 0 Å². The fourth-order valence-electron chi connectivity index (χ4n) is 0.498. The lowest BCUT2D eigenvalue weighted by atomic mass is 10.2. The van der Waals surface area contributed by atoms with Gasteiger partial charge in [0.2, 0.25) is 0 Å². The smallest absolute Gasteiger partial charge is 0.328 e.